The molecule has 1 aliphatic carbocycles. The smallest absolute Gasteiger partial charge is 0.324 e. The Morgan fingerprint density at radius 1 is 1.27 bits per heavy atom. The summed E-state index contributed by atoms with van der Waals surface area (Å²) < 4.78 is 0. The Balaban J connectivity index is 2.15. The van der Waals surface area contributed by atoms with E-state index in [2.05, 4.69) is 5.32 Å². The van der Waals surface area contributed by atoms with E-state index in [-0.39, 0.29) is 12.3 Å². The number of benzene rings is 1. The Hall–Kier alpha value is -2.41. The standard InChI is InChI=1S/C15H18N2O5/c1-2-17(10-6-4-3-5-7-10)13(20)11-8-15(11,14(21)22)16-9-12(18)19/h3-7,11,16H,2,8-9H2,1H3,(H,18,19)(H,21,22). The van der Waals surface area contributed by atoms with E-state index in [0.29, 0.717) is 12.2 Å². The van der Waals surface area contributed by atoms with Crippen LogP contribution in [0.5, 0.6) is 0 Å². The zero-order valence-electron chi connectivity index (χ0n) is 12.2. The van der Waals surface area contributed by atoms with Crippen LogP contribution in [0, 0.1) is 5.92 Å². The first kappa shape index (κ1) is 16.0. The fraction of sp³-hybridized carbons (Fsp3) is 0.400. The molecule has 1 saturated carbocycles. The summed E-state index contributed by atoms with van der Waals surface area (Å²) in [6, 6.07) is 8.97. The van der Waals surface area contributed by atoms with Gasteiger partial charge >= 0.3 is 11.9 Å². The monoisotopic (exact) mass is 306 g/mol. The van der Waals surface area contributed by atoms with Gasteiger partial charge in [0.05, 0.1) is 12.5 Å². The first-order valence-corrected chi connectivity index (χ1v) is 6.99. The zero-order chi connectivity index (χ0) is 16.3. The number of anilines is 1. The molecule has 118 valence electrons. The van der Waals surface area contributed by atoms with Gasteiger partial charge in [-0.3, -0.25) is 19.7 Å². The van der Waals surface area contributed by atoms with Crippen LogP contribution < -0.4 is 10.2 Å². The van der Waals surface area contributed by atoms with Crippen LogP contribution in [0.15, 0.2) is 30.3 Å². The summed E-state index contributed by atoms with van der Waals surface area (Å²) in [6.07, 6.45) is 0.0950. The summed E-state index contributed by atoms with van der Waals surface area (Å²) in [6.45, 7) is 1.72. The van der Waals surface area contributed by atoms with Crippen LogP contribution >= 0.6 is 0 Å². The Kier molecular flexibility index (Phi) is 4.46. The third-order valence-electron chi connectivity index (χ3n) is 3.85. The maximum atomic E-state index is 12.6. The molecule has 3 N–H and O–H groups in total. The second-order valence-electron chi connectivity index (χ2n) is 5.20. The molecule has 0 saturated heterocycles. The van der Waals surface area contributed by atoms with Crippen molar-refractivity contribution < 1.29 is 24.6 Å². The predicted molar refractivity (Wildman–Crippen MR) is 78.6 cm³/mol. The average molecular weight is 306 g/mol. The highest BCUT2D eigenvalue weighted by atomic mass is 16.4. The Labute approximate surface area is 127 Å². The van der Waals surface area contributed by atoms with E-state index in [4.69, 9.17) is 5.11 Å². The average Bonchev–Trinajstić information content (AvgIpc) is 3.23. The molecule has 1 fully saturated rings. The van der Waals surface area contributed by atoms with Crippen LogP contribution in [0.4, 0.5) is 5.69 Å². The van der Waals surface area contributed by atoms with Gasteiger partial charge in [0.15, 0.2) is 0 Å². The van der Waals surface area contributed by atoms with E-state index >= 15 is 0 Å². The summed E-state index contributed by atoms with van der Waals surface area (Å²) in [7, 11) is 0. The largest absolute Gasteiger partial charge is 0.480 e. The Bertz CT molecular complexity index is 589. The van der Waals surface area contributed by atoms with Crippen molar-refractivity contribution in [1.82, 2.24) is 5.32 Å². The molecule has 1 aromatic rings. The minimum absolute atomic E-state index is 0.0950. The van der Waals surface area contributed by atoms with E-state index < -0.39 is 29.9 Å². The molecule has 1 amide bonds. The van der Waals surface area contributed by atoms with Gasteiger partial charge in [0.1, 0.15) is 5.54 Å². The third-order valence-corrected chi connectivity index (χ3v) is 3.85. The molecule has 2 rings (SSSR count). The van der Waals surface area contributed by atoms with E-state index in [1.165, 1.54) is 4.90 Å². The number of carboxylic acids is 2. The number of hydrogen-bond acceptors (Lipinski definition) is 4. The molecule has 0 aliphatic heterocycles. The minimum atomic E-state index is -1.47. The van der Waals surface area contributed by atoms with Crippen LogP contribution in [-0.2, 0) is 14.4 Å². The van der Waals surface area contributed by atoms with Crippen molar-refractivity contribution in [3.05, 3.63) is 30.3 Å². The van der Waals surface area contributed by atoms with Gasteiger partial charge in [0.25, 0.3) is 0 Å². The number of carboxylic acid groups (broad SMARTS) is 2. The number of amides is 1. The van der Waals surface area contributed by atoms with Gasteiger partial charge in [-0.1, -0.05) is 18.2 Å². The van der Waals surface area contributed by atoms with Crippen molar-refractivity contribution in [3.63, 3.8) is 0 Å². The van der Waals surface area contributed by atoms with Gasteiger partial charge in [0, 0.05) is 12.2 Å². The van der Waals surface area contributed by atoms with Crippen LogP contribution in [0.3, 0.4) is 0 Å². The molecule has 7 nitrogen and oxygen atoms in total. The van der Waals surface area contributed by atoms with Crippen molar-refractivity contribution in [2.45, 2.75) is 18.9 Å². The summed E-state index contributed by atoms with van der Waals surface area (Å²) in [5.41, 5.74) is -0.781. The molecule has 7 heteroatoms. The van der Waals surface area contributed by atoms with Gasteiger partial charge < -0.3 is 15.1 Å². The molecule has 0 spiro atoms. The van der Waals surface area contributed by atoms with Crippen LogP contribution in [0.1, 0.15) is 13.3 Å². The number of nitrogens with one attached hydrogen (secondary N) is 1. The maximum absolute atomic E-state index is 12.6. The number of carbonyl (C=O) groups excluding carboxylic acids is 1. The minimum Gasteiger partial charge on any atom is -0.480 e. The van der Waals surface area contributed by atoms with E-state index in [9.17, 15) is 19.5 Å². The van der Waals surface area contributed by atoms with E-state index in [1.807, 2.05) is 6.07 Å². The van der Waals surface area contributed by atoms with Crippen molar-refractivity contribution in [3.8, 4) is 0 Å². The molecular weight excluding hydrogens is 288 g/mol. The summed E-state index contributed by atoms with van der Waals surface area (Å²) in [4.78, 5) is 36.2. The number of hydrogen-bond donors (Lipinski definition) is 3. The highest BCUT2D eigenvalue weighted by molar-refractivity contribution is 6.03. The molecule has 22 heavy (non-hydrogen) atoms. The maximum Gasteiger partial charge on any atom is 0.324 e. The van der Waals surface area contributed by atoms with Crippen LogP contribution in [0.2, 0.25) is 0 Å². The zero-order valence-corrected chi connectivity index (χ0v) is 12.2. The van der Waals surface area contributed by atoms with Crippen molar-refractivity contribution in [2.24, 2.45) is 5.92 Å². The molecule has 1 aliphatic rings. The van der Waals surface area contributed by atoms with Crippen LogP contribution in [-0.4, -0.2) is 46.7 Å². The lowest BCUT2D eigenvalue weighted by Crippen LogP contribution is -2.47. The highest BCUT2D eigenvalue weighted by Crippen LogP contribution is 2.45. The lowest BCUT2D eigenvalue weighted by atomic mass is 10.1. The SMILES string of the molecule is CCN(C(=O)C1CC1(NCC(=O)O)C(=O)O)c1ccccc1. The Morgan fingerprint density at radius 3 is 2.41 bits per heavy atom. The normalized spacial score (nSPS) is 22.9. The summed E-state index contributed by atoms with van der Waals surface area (Å²) >= 11 is 0. The van der Waals surface area contributed by atoms with E-state index in [0.717, 1.165) is 0 Å². The molecule has 2 unspecified atom stereocenters. The Morgan fingerprint density at radius 2 is 1.91 bits per heavy atom. The van der Waals surface area contributed by atoms with Crippen molar-refractivity contribution >= 4 is 23.5 Å². The molecule has 0 bridgehead atoms. The third kappa shape index (κ3) is 2.94. The lowest BCUT2D eigenvalue weighted by Gasteiger charge is -2.22. The number of para-hydroxylation sites is 1. The van der Waals surface area contributed by atoms with Crippen molar-refractivity contribution in [1.29, 1.82) is 0 Å². The van der Waals surface area contributed by atoms with Crippen molar-refractivity contribution in [2.75, 3.05) is 18.0 Å². The summed E-state index contributed by atoms with van der Waals surface area (Å²) in [5.74, 6) is -3.43. The topological polar surface area (TPSA) is 107 Å². The van der Waals surface area contributed by atoms with Gasteiger partial charge in [-0.2, -0.15) is 0 Å². The number of rotatable bonds is 7. The first-order chi connectivity index (χ1) is 10.4. The van der Waals surface area contributed by atoms with E-state index in [1.54, 1.807) is 31.2 Å². The second kappa shape index (κ2) is 6.15. The predicted octanol–water partition coefficient (Wildman–Crippen LogP) is 0.557. The summed E-state index contributed by atoms with van der Waals surface area (Å²) in [5, 5.41) is 20.5. The molecular formula is C15H18N2O5. The lowest BCUT2D eigenvalue weighted by molar-refractivity contribution is -0.143. The van der Waals surface area contributed by atoms with Gasteiger partial charge in [-0.05, 0) is 25.5 Å². The fourth-order valence-electron chi connectivity index (χ4n) is 2.56. The molecule has 0 heterocycles. The molecule has 1 aromatic carbocycles. The molecule has 0 aromatic heterocycles. The fourth-order valence-corrected chi connectivity index (χ4v) is 2.56. The molecule has 2 atom stereocenters. The first-order valence-electron chi connectivity index (χ1n) is 6.99. The van der Waals surface area contributed by atoms with Gasteiger partial charge in [-0.25, -0.2) is 0 Å². The van der Waals surface area contributed by atoms with Crippen LogP contribution in [0.25, 0.3) is 0 Å². The number of nitrogens with zero attached hydrogens (tertiary/aromatic N) is 1. The quantitative estimate of drug-likeness (QED) is 0.679. The number of aliphatic carboxylic acids is 2. The van der Waals surface area contributed by atoms with Gasteiger partial charge in [0.2, 0.25) is 5.91 Å². The highest BCUT2D eigenvalue weighted by Gasteiger charge is 2.65. The second-order valence-corrected chi connectivity index (χ2v) is 5.20. The van der Waals surface area contributed by atoms with Gasteiger partial charge in [-0.15, -0.1) is 0 Å². The number of carbonyl (C=O) groups is 3. The molecule has 0 radical (unpaired) electrons.